The second-order valence-corrected chi connectivity index (χ2v) is 6.70. The van der Waals surface area contributed by atoms with Gasteiger partial charge in [-0.3, -0.25) is 0 Å². The molecule has 1 saturated heterocycles. The molecule has 5 heteroatoms. The van der Waals surface area contributed by atoms with E-state index in [1.807, 2.05) is 60.7 Å². The van der Waals surface area contributed by atoms with Crippen LogP contribution in [0, 0.1) is 0 Å². The fraction of sp³-hybridized carbons (Fsp3) is 0.364. The number of aliphatic hydroxyl groups is 1. The Morgan fingerprint density at radius 2 is 1.70 bits per heavy atom. The van der Waals surface area contributed by atoms with Crippen LogP contribution in [0.15, 0.2) is 60.7 Å². The molecule has 27 heavy (non-hydrogen) atoms. The average molecular weight is 368 g/mol. The van der Waals surface area contributed by atoms with Crippen LogP contribution in [0.5, 0.6) is 0 Å². The maximum absolute atomic E-state index is 12.0. The summed E-state index contributed by atoms with van der Waals surface area (Å²) in [5.74, 6) is 0.0847. The van der Waals surface area contributed by atoms with Crippen LogP contribution in [0.25, 0.3) is 0 Å². The minimum absolute atomic E-state index is 0.0847. The van der Waals surface area contributed by atoms with E-state index in [1.54, 1.807) is 0 Å². The number of hydrogen-bond acceptors (Lipinski definition) is 3. The van der Waals surface area contributed by atoms with Crippen LogP contribution in [0.4, 0.5) is 4.79 Å². The van der Waals surface area contributed by atoms with Crippen molar-refractivity contribution in [2.45, 2.75) is 38.3 Å². The number of benzene rings is 2. The highest BCUT2D eigenvalue weighted by atomic mass is 16.6. The third-order valence-electron chi connectivity index (χ3n) is 4.60. The van der Waals surface area contributed by atoms with Crippen LogP contribution in [-0.4, -0.2) is 40.9 Å². The second kappa shape index (κ2) is 9.88. The van der Waals surface area contributed by atoms with E-state index in [9.17, 15) is 9.90 Å². The van der Waals surface area contributed by atoms with Crippen molar-refractivity contribution in [1.29, 1.82) is 0 Å². The van der Waals surface area contributed by atoms with Crippen LogP contribution in [0.3, 0.4) is 0 Å². The Morgan fingerprint density at radius 1 is 1.04 bits per heavy atom. The number of aliphatic hydroxyl groups excluding tert-OH is 1. The van der Waals surface area contributed by atoms with Gasteiger partial charge in [-0.2, -0.15) is 4.79 Å². The zero-order valence-electron chi connectivity index (χ0n) is 15.4. The number of rotatable bonds is 9. The van der Waals surface area contributed by atoms with Crippen molar-refractivity contribution >= 4 is 12.0 Å². The fourth-order valence-electron chi connectivity index (χ4n) is 3.19. The standard InChI is InChI=1S/C22H25NO4/c24-21(13-7-8-14-26-16-19-11-5-2-6-12-19)23-20(17-27-22(23)25)15-18-9-3-1-4-10-18/h1-6,9-12,20H,7-8,13-17H2/p+1/t20-/m1/s1. The van der Waals surface area contributed by atoms with Crippen molar-refractivity contribution in [3.05, 3.63) is 71.8 Å². The maximum atomic E-state index is 12.0. The van der Waals surface area contributed by atoms with E-state index in [1.165, 1.54) is 4.58 Å². The fourth-order valence-corrected chi connectivity index (χ4v) is 3.19. The van der Waals surface area contributed by atoms with Crippen molar-refractivity contribution < 1.29 is 24.0 Å². The van der Waals surface area contributed by atoms with E-state index in [2.05, 4.69) is 0 Å². The molecule has 1 heterocycles. The average Bonchev–Trinajstić information content (AvgIpc) is 3.06. The largest absolute Gasteiger partial charge is 0.599 e. The van der Waals surface area contributed by atoms with Crippen molar-refractivity contribution in [2.24, 2.45) is 0 Å². The molecule has 2 aromatic carbocycles. The van der Waals surface area contributed by atoms with E-state index in [-0.39, 0.29) is 11.9 Å². The first-order chi connectivity index (χ1) is 13.2. The number of nitrogens with zero attached hydrogens (tertiary/aromatic N) is 1. The Kier molecular flexibility index (Phi) is 6.99. The Labute approximate surface area is 159 Å². The second-order valence-electron chi connectivity index (χ2n) is 6.70. The van der Waals surface area contributed by atoms with E-state index in [0.29, 0.717) is 32.7 Å². The minimum Gasteiger partial charge on any atom is -0.463 e. The molecule has 0 aliphatic carbocycles. The van der Waals surface area contributed by atoms with E-state index in [0.717, 1.165) is 24.0 Å². The normalized spacial score (nSPS) is 18.4. The minimum atomic E-state index is -0.464. The van der Waals surface area contributed by atoms with Gasteiger partial charge in [-0.15, -0.1) is 0 Å². The highest BCUT2D eigenvalue weighted by molar-refractivity contribution is 5.76. The summed E-state index contributed by atoms with van der Waals surface area (Å²) in [4.78, 5) is 12.0. The molecule has 5 nitrogen and oxygen atoms in total. The number of unbranched alkanes of at least 4 members (excludes halogenated alkanes) is 1. The molecule has 0 saturated carbocycles. The van der Waals surface area contributed by atoms with Crippen LogP contribution in [0.2, 0.25) is 0 Å². The number of cyclic esters (lactones) is 1. The molecule has 1 amide bonds. The van der Waals surface area contributed by atoms with Crippen LogP contribution < -0.4 is 0 Å². The van der Waals surface area contributed by atoms with E-state index < -0.39 is 6.09 Å². The predicted octanol–water partition coefficient (Wildman–Crippen LogP) is 4.10. The summed E-state index contributed by atoms with van der Waals surface area (Å²) in [6.45, 7) is 1.52. The lowest BCUT2D eigenvalue weighted by atomic mass is 10.1. The Bertz CT molecular complexity index is 758. The van der Waals surface area contributed by atoms with Gasteiger partial charge in [-0.05, 0) is 24.0 Å². The van der Waals surface area contributed by atoms with Gasteiger partial charge in [0.1, 0.15) is 0 Å². The number of carbonyl (C=O) groups excluding carboxylic acids is 1. The van der Waals surface area contributed by atoms with Crippen LogP contribution >= 0.6 is 0 Å². The van der Waals surface area contributed by atoms with Gasteiger partial charge < -0.3 is 14.6 Å². The summed E-state index contributed by atoms with van der Waals surface area (Å²) >= 11 is 0. The Balaban J connectivity index is 1.45. The van der Waals surface area contributed by atoms with Crippen molar-refractivity contribution in [2.75, 3.05) is 13.2 Å². The van der Waals surface area contributed by atoms with E-state index >= 15 is 0 Å². The first kappa shape index (κ1) is 19.1. The van der Waals surface area contributed by atoms with Gasteiger partial charge in [0.2, 0.25) is 6.04 Å². The molecule has 142 valence electrons. The first-order valence-electron chi connectivity index (χ1n) is 9.40. The van der Waals surface area contributed by atoms with Crippen molar-refractivity contribution in [1.82, 2.24) is 0 Å². The summed E-state index contributed by atoms with van der Waals surface area (Å²) in [5, 5.41) is 10.4. The summed E-state index contributed by atoms with van der Waals surface area (Å²) in [6.07, 6.45) is 2.21. The van der Waals surface area contributed by atoms with Gasteiger partial charge in [-0.25, -0.2) is 0 Å². The summed E-state index contributed by atoms with van der Waals surface area (Å²) < 4.78 is 12.2. The van der Waals surface area contributed by atoms with E-state index in [4.69, 9.17) is 9.47 Å². The number of amides is 1. The summed E-state index contributed by atoms with van der Waals surface area (Å²) in [5.41, 5.74) is 2.27. The van der Waals surface area contributed by atoms with Gasteiger partial charge in [0.25, 0.3) is 0 Å². The maximum Gasteiger partial charge on any atom is 0.599 e. The molecule has 3 rings (SSSR count). The lowest BCUT2D eigenvalue weighted by molar-refractivity contribution is -0.464. The lowest BCUT2D eigenvalue weighted by Gasteiger charge is -2.06. The molecular weight excluding hydrogens is 342 g/mol. The zero-order valence-corrected chi connectivity index (χ0v) is 15.4. The SMILES string of the molecule is O=C1OC[C@@H](Cc2ccccc2)[N+]1=C(O)CCCCOCc1ccccc1. The third kappa shape index (κ3) is 5.66. The smallest absolute Gasteiger partial charge is 0.463 e. The monoisotopic (exact) mass is 368 g/mol. The predicted molar refractivity (Wildman–Crippen MR) is 103 cm³/mol. The topological polar surface area (TPSA) is 58.8 Å². The summed E-state index contributed by atoms with van der Waals surface area (Å²) in [7, 11) is 0. The molecule has 2 aromatic rings. The molecule has 1 aliphatic heterocycles. The first-order valence-corrected chi connectivity index (χ1v) is 9.40. The van der Waals surface area contributed by atoms with Gasteiger partial charge >= 0.3 is 12.0 Å². The highest BCUT2D eigenvalue weighted by Gasteiger charge is 2.42. The number of ether oxygens (including phenoxy) is 2. The van der Waals surface area contributed by atoms with Crippen LogP contribution in [-0.2, 0) is 22.5 Å². The van der Waals surface area contributed by atoms with Crippen LogP contribution in [0.1, 0.15) is 30.4 Å². The zero-order chi connectivity index (χ0) is 18.9. The Morgan fingerprint density at radius 3 is 2.41 bits per heavy atom. The number of hydrogen-bond donors (Lipinski definition) is 1. The van der Waals surface area contributed by atoms with Gasteiger partial charge in [-0.1, -0.05) is 65.2 Å². The van der Waals surface area contributed by atoms with Gasteiger partial charge in [0.05, 0.1) is 13.0 Å². The molecular formula is C22H26NO4+. The molecule has 1 atom stereocenters. The summed E-state index contributed by atoms with van der Waals surface area (Å²) in [6, 6.07) is 19.8. The molecule has 1 fully saturated rings. The molecule has 1 aliphatic rings. The van der Waals surface area contributed by atoms with Gasteiger partial charge in [0, 0.05) is 13.0 Å². The molecule has 0 bridgehead atoms. The molecule has 0 radical (unpaired) electrons. The van der Waals surface area contributed by atoms with Crippen molar-refractivity contribution in [3.8, 4) is 0 Å². The third-order valence-corrected chi connectivity index (χ3v) is 4.60. The molecule has 0 aromatic heterocycles. The van der Waals surface area contributed by atoms with Crippen molar-refractivity contribution in [3.63, 3.8) is 0 Å². The highest BCUT2D eigenvalue weighted by Crippen LogP contribution is 2.14. The van der Waals surface area contributed by atoms with Gasteiger partial charge in [0.15, 0.2) is 6.61 Å². The lowest BCUT2D eigenvalue weighted by Crippen LogP contribution is -2.32. The molecule has 0 spiro atoms. The molecule has 0 unspecified atom stereocenters. The quantitative estimate of drug-likeness (QED) is 0.411. The Hall–Kier alpha value is -2.66. The number of carbonyl (C=O) groups is 1. The molecule has 1 N–H and O–H groups in total.